The highest BCUT2D eigenvalue weighted by Crippen LogP contribution is 2.25. The number of methoxy groups -OCH3 is 1. The molecule has 1 aromatic carbocycles. The third-order valence-corrected chi connectivity index (χ3v) is 2.92. The standard InChI is InChI=1S/C12H12N2O3/c1-16-11-5-3-2-4-9(11)14-10-7-17-6-8(10)12(15)13-14/h2-5H,6-7H2,1H3,(H,13,15). The SMILES string of the molecule is COc1ccccc1-n1[nH]c(=O)c2c1COC2. The van der Waals surface area contributed by atoms with Crippen LogP contribution in [0, 0.1) is 0 Å². The van der Waals surface area contributed by atoms with Crippen LogP contribution in [0.25, 0.3) is 5.69 Å². The van der Waals surface area contributed by atoms with Gasteiger partial charge in [0.2, 0.25) is 0 Å². The van der Waals surface area contributed by atoms with Crippen molar-refractivity contribution in [1.82, 2.24) is 9.78 Å². The summed E-state index contributed by atoms with van der Waals surface area (Å²) >= 11 is 0. The van der Waals surface area contributed by atoms with Crippen molar-refractivity contribution >= 4 is 0 Å². The number of ether oxygens (including phenoxy) is 2. The molecule has 5 heteroatoms. The lowest BCUT2D eigenvalue weighted by molar-refractivity contribution is 0.130. The molecule has 0 atom stereocenters. The van der Waals surface area contributed by atoms with Gasteiger partial charge in [-0.2, -0.15) is 0 Å². The van der Waals surface area contributed by atoms with Crippen LogP contribution in [-0.4, -0.2) is 16.9 Å². The number of nitrogens with zero attached hydrogens (tertiary/aromatic N) is 1. The monoisotopic (exact) mass is 232 g/mol. The van der Waals surface area contributed by atoms with Gasteiger partial charge in [0.05, 0.1) is 31.6 Å². The molecule has 17 heavy (non-hydrogen) atoms. The van der Waals surface area contributed by atoms with E-state index in [0.29, 0.717) is 24.5 Å². The molecule has 0 saturated carbocycles. The summed E-state index contributed by atoms with van der Waals surface area (Å²) in [5, 5.41) is 2.81. The van der Waals surface area contributed by atoms with Crippen LogP contribution < -0.4 is 10.3 Å². The highest BCUT2D eigenvalue weighted by Gasteiger charge is 2.22. The molecule has 1 aliphatic heterocycles. The summed E-state index contributed by atoms with van der Waals surface area (Å²) < 4.78 is 12.3. The van der Waals surface area contributed by atoms with Crippen LogP contribution in [0.5, 0.6) is 5.75 Å². The molecule has 2 aromatic rings. The molecule has 0 fully saturated rings. The van der Waals surface area contributed by atoms with E-state index in [9.17, 15) is 4.79 Å². The molecule has 0 radical (unpaired) electrons. The topological polar surface area (TPSA) is 56.2 Å². The molecule has 1 aromatic heterocycles. The minimum Gasteiger partial charge on any atom is -0.494 e. The molecule has 0 aliphatic carbocycles. The fraction of sp³-hybridized carbons (Fsp3) is 0.250. The van der Waals surface area contributed by atoms with E-state index < -0.39 is 0 Å². The number of hydrogen-bond acceptors (Lipinski definition) is 3. The Morgan fingerprint density at radius 2 is 2.18 bits per heavy atom. The molecule has 5 nitrogen and oxygen atoms in total. The van der Waals surface area contributed by atoms with Gasteiger partial charge in [0.25, 0.3) is 5.56 Å². The molecule has 0 spiro atoms. The number of hydrogen-bond donors (Lipinski definition) is 1. The van der Waals surface area contributed by atoms with Gasteiger partial charge in [0.15, 0.2) is 0 Å². The second-order valence-electron chi connectivity index (χ2n) is 3.87. The Bertz CT molecular complexity index is 612. The first-order valence-corrected chi connectivity index (χ1v) is 5.35. The molecule has 0 unspecified atom stereocenters. The van der Waals surface area contributed by atoms with Crippen LogP contribution in [-0.2, 0) is 18.0 Å². The zero-order valence-corrected chi connectivity index (χ0v) is 9.40. The smallest absolute Gasteiger partial charge is 0.270 e. The largest absolute Gasteiger partial charge is 0.494 e. The lowest BCUT2D eigenvalue weighted by atomic mass is 10.2. The Morgan fingerprint density at radius 1 is 1.35 bits per heavy atom. The third-order valence-electron chi connectivity index (χ3n) is 2.92. The van der Waals surface area contributed by atoms with Crippen molar-refractivity contribution in [3.05, 3.63) is 45.9 Å². The Morgan fingerprint density at radius 3 is 3.00 bits per heavy atom. The molecule has 2 heterocycles. The van der Waals surface area contributed by atoms with E-state index in [1.165, 1.54) is 0 Å². The molecule has 3 rings (SSSR count). The van der Waals surface area contributed by atoms with Crippen molar-refractivity contribution in [2.45, 2.75) is 13.2 Å². The van der Waals surface area contributed by atoms with E-state index in [0.717, 1.165) is 11.4 Å². The molecule has 0 saturated heterocycles. The van der Waals surface area contributed by atoms with E-state index in [4.69, 9.17) is 9.47 Å². The van der Waals surface area contributed by atoms with Gasteiger partial charge in [0.1, 0.15) is 11.4 Å². The van der Waals surface area contributed by atoms with Crippen molar-refractivity contribution in [3.63, 3.8) is 0 Å². The van der Waals surface area contributed by atoms with E-state index in [-0.39, 0.29) is 5.56 Å². The first-order valence-electron chi connectivity index (χ1n) is 5.35. The van der Waals surface area contributed by atoms with Gasteiger partial charge in [-0.25, -0.2) is 0 Å². The van der Waals surface area contributed by atoms with Crippen molar-refractivity contribution < 1.29 is 9.47 Å². The minimum absolute atomic E-state index is 0.0941. The molecular weight excluding hydrogens is 220 g/mol. The van der Waals surface area contributed by atoms with Crippen LogP contribution in [0.2, 0.25) is 0 Å². The molecule has 1 N–H and O–H groups in total. The van der Waals surface area contributed by atoms with E-state index >= 15 is 0 Å². The van der Waals surface area contributed by atoms with Crippen LogP contribution in [0.15, 0.2) is 29.1 Å². The van der Waals surface area contributed by atoms with E-state index in [1.54, 1.807) is 11.8 Å². The number of nitrogens with one attached hydrogen (secondary N) is 1. The molecule has 0 amide bonds. The van der Waals surface area contributed by atoms with E-state index in [2.05, 4.69) is 5.10 Å². The number of para-hydroxylation sites is 2. The van der Waals surface area contributed by atoms with Gasteiger partial charge in [-0.15, -0.1) is 0 Å². The fourth-order valence-electron chi connectivity index (χ4n) is 2.07. The molecule has 0 bridgehead atoms. The van der Waals surface area contributed by atoms with Gasteiger partial charge >= 0.3 is 0 Å². The zero-order valence-electron chi connectivity index (χ0n) is 9.40. The van der Waals surface area contributed by atoms with Crippen molar-refractivity contribution in [1.29, 1.82) is 0 Å². The van der Waals surface area contributed by atoms with Crippen LogP contribution in [0.1, 0.15) is 11.3 Å². The summed E-state index contributed by atoms with van der Waals surface area (Å²) in [4.78, 5) is 11.7. The normalized spacial score (nSPS) is 13.7. The average molecular weight is 232 g/mol. The molecular formula is C12H12N2O3. The Kier molecular flexibility index (Phi) is 2.26. The van der Waals surface area contributed by atoms with Gasteiger partial charge < -0.3 is 9.47 Å². The van der Waals surface area contributed by atoms with Crippen LogP contribution in [0.4, 0.5) is 0 Å². The summed E-state index contributed by atoms with van der Waals surface area (Å²) in [7, 11) is 1.61. The second kappa shape index (κ2) is 3.78. The fourth-order valence-corrected chi connectivity index (χ4v) is 2.07. The van der Waals surface area contributed by atoms with Crippen LogP contribution in [0.3, 0.4) is 0 Å². The van der Waals surface area contributed by atoms with Crippen molar-refractivity contribution in [3.8, 4) is 11.4 Å². The van der Waals surface area contributed by atoms with Gasteiger partial charge in [0, 0.05) is 0 Å². The maximum absolute atomic E-state index is 11.7. The highest BCUT2D eigenvalue weighted by atomic mass is 16.5. The maximum Gasteiger partial charge on any atom is 0.270 e. The number of aromatic nitrogens is 2. The quantitative estimate of drug-likeness (QED) is 0.846. The van der Waals surface area contributed by atoms with Crippen molar-refractivity contribution in [2.75, 3.05) is 7.11 Å². The minimum atomic E-state index is -0.0941. The lowest BCUT2D eigenvalue weighted by Gasteiger charge is -2.10. The number of rotatable bonds is 2. The lowest BCUT2D eigenvalue weighted by Crippen LogP contribution is -2.09. The average Bonchev–Trinajstić information content (AvgIpc) is 2.94. The van der Waals surface area contributed by atoms with E-state index in [1.807, 2.05) is 24.3 Å². The third kappa shape index (κ3) is 1.47. The zero-order chi connectivity index (χ0) is 11.8. The van der Waals surface area contributed by atoms with Crippen LogP contribution >= 0.6 is 0 Å². The summed E-state index contributed by atoms with van der Waals surface area (Å²) in [6, 6.07) is 7.54. The maximum atomic E-state index is 11.7. The van der Waals surface area contributed by atoms with Gasteiger partial charge in [-0.05, 0) is 12.1 Å². The summed E-state index contributed by atoms with van der Waals surface area (Å²) in [6.07, 6.45) is 0. The van der Waals surface area contributed by atoms with Crippen molar-refractivity contribution in [2.24, 2.45) is 0 Å². The number of aromatic amines is 1. The highest BCUT2D eigenvalue weighted by molar-refractivity contribution is 5.47. The first kappa shape index (κ1) is 10.2. The molecule has 88 valence electrons. The van der Waals surface area contributed by atoms with Gasteiger partial charge in [-0.1, -0.05) is 12.1 Å². The van der Waals surface area contributed by atoms with Gasteiger partial charge in [-0.3, -0.25) is 14.6 Å². The summed E-state index contributed by atoms with van der Waals surface area (Å²) in [6.45, 7) is 0.832. The number of fused-ring (bicyclic) bond motifs is 1. The Labute approximate surface area is 97.6 Å². The predicted octanol–water partition coefficient (Wildman–Crippen LogP) is 1.20. The Hall–Kier alpha value is -2.01. The second-order valence-corrected chi connectivity index (χ2v) is 3.87. The summed E-state index contributed by atoms with van der Waals surface area (Å²) in [5.74, 6) is 0.716. The summed E-state index contributed by atoms with van der Waals surface area (Å²) in [5.41, 5.74) is 2.30. The Balaban J connectivity index is 2.22. The number of benzene rings is 1. The first-order chi connectivity index (χ1) is 8.31. The predicted molar refractivity (Wildman–Crippen MR) is 61.4 cm³/mol. The number of H-pyrrole nitrogens is 1. The molecule has 1 aliphatic rings.